The standard InChI is InChI=1S/C22H18N4O2S3/c1-13-8-9-15(12-14(13)2)25-19-18(31-22(25)29)20(27)26(21(24-19)30-11-10-23)16-6-4-5-7-17(16)28-3/h4-9,12H,11H2,1-3H3. The highest BCUT2D eigenvalue weighted by molar-refractivity contribution is 7.99. The lowest BCUT2D eigenvalue weighted by Gasteiger charge is -2.14. The van der Waals surface area contributed by atoms with Crippen LogP contribution in [0.3, 0.4) is 0 Å². The monoisotopic (exact) mass is 466 g/mol. The van der Waals surface area contributed by atoms with Gasteiger partial charge in [0, 0.05) is 5.69 Å². The molecule has 4 aromatic rings. The Bertz CT molecular complexity index is 1460. The molecule has 0 N–H and O–H groups in total. The highest BCUT2D eigenvalue weighted by Gasteiger charge is 2.20. The summed E-state index contributed by atoms with van der Waals surface area (Å²) in [5, 5.41) is 9.55. The Balaban J connectivity index is 2.07. The van der Waals surface area contributed by atoms with Gasteiger partial charge in [-0.15, -0.1) is 0 Å². The van der Waals surface area contributed by atoms with Crippen LogP contribution in [0.4, 0.5) is 0 Å². The number of methoxy groups -OCH3 is 1. The second-order valence-electron chi connectivity index (χ2n) is 6.78. The van der Waals surface area contributed by atoms with E-state index in [1.807, 2.05) is 48.7 Å². The van der Waals surface area contributed by atoms with Crippen LogP contribution in [0.25, 0.3) is 21.7 Å². The molecular weight excluding hydrogens is 448 g/mol. The van der Waals surface area contributed by atoms with E-state index in [2.05, 4.69) is 6.07 Å². The number of thiazole rings is 1. The summed E-state index contributed by atoms with van der Waals surface area (Å²) in [6, 6.07) is 15.4. The quantitative estimate of drug-likeness (QED) is 0.228. The normalized spacial score (nSPS) is 10.9. The number of thioether (sulfide) groups is 1. The molecule has 9 heteroatoms. The van der Waals surface area contributed by atoms with Crippen molar-refractivity contribution in [2.45, 2.75) is 19.0 Å². The average molecular weight is 467 g/mol. The SMILES string of the molecule is COc1ccccc1-n1c(SCC#N)nc2c(sc(=S)n2-c2ccc(C)c(C)c2)c1=O. The van der Waals surface area contributed by atoms with Crippen LogP contribution < -0.4 is 10.3 Å². The number of benzene rings is 2. The second-order valence-corrected chi connectivity index (χ2v) is 9.36. The van der Waals surface area contributed by atoms with Gasteiger partial charge in [-0.25, -0.2) is 4.98 Å². The van der Waals surface area contributed by atoms with E-state index in [4.69, 9.17) is 27.2 Å². The highest BCUT2D eigenvalue weighted by atomic mass is 32.2. The van der Waals surface area contributed by atoms with Crippen molar-refractivity contribution in [1.29, 1.82) is 5.26 Å². The maximum atomic E-state index is 13.6. The number of hydrogen-bond acceptors (Lipinski definition) is 7. The molecule has 0 amide bonds. The zero-order chi connectivity index (χ0) is 22.1. The fourth-order valence-electron chi connectivity index (χ4n) is 3.25. The van der Waals surface area contributed by atoms with Crippen LogP contribution in [0.15, 0.2) is 52.4 Å². The highest BCUT2D eigenvalue weighted by Crippen LogP contribution is 2.30. The molecule has 2 aromatic carbocycles. The Morgan fingerprint density at radius 2 is 1.97 bits per heavy atom. The molecule has 6 nitrogen and oxygen atoms in total. The fraction of sp³-hybridized carbons (Fsp3) is 0.182. The molecule has 0 spiro atoms. The topological polar surface area (TPSA) is 72.8 Å². The van der Waals surface area contributed by atoms with Gasteiger partial charge in [0.15, 0.2) is 14.8 Å². The lowest BCUT2D eigenvalue weighted by Crippen LogP contribution is -2.22. The van der Waals surface area contributed by atoms with Crippen LogP contribution in [0, 0.1) is 29.1 Å². The van der Waals surface area contributed by atoms with Gasteiger partial charge >= 0.3 is 0 Å². The van der Waals surface area contributed by atoms with Crippen molar-refractivity contribution in [2.24, 2.45) is 0 Å². The zero-order valence-electron chi connectivity index (χ0n) is 17.1. The first-order valence-electron chi connectivity index (χ1n) is 9.35. The summed E-state index contributed by atoms with van der Waals surface area (Å²) in [6.45, 7) is 4.08. The average Bonchev–Trinajstić information content (AvgIpc) is 3.10. The molecule has 2 aromatic heterocycles. The Labute approximate surface area is 192 Å². The summed E-state index contributed by atoms with van der Waals surface area (Å²) in [6.07, 6.45) is 0. The summed E-state index contributed by atoms with van der Waals surface area (Å²) in [4.78, 5) is 18.4. The molecule has 0 atom stereocenters. The third kappa shape index (κ3) is 3.78. The molecule has 0 saturated carbocycles. The summed E-state index contributed by atoms with van der Waals surface area (Å²) in [5.41, 5.74) is 3.98. The molecule has 0 radical (unpaired) electrons. The van der Waals surface area contributed by atoms with Gasteiger partial charge in [-0.2, -0.15) is 5.26 Å². The van der Waals surface area contributed by atoms with Gasteiger partial charge in [-0.3, -0.25) is 13.9 Å². The third-order valence-electron chi connectivity index (χ3n) is 4.92. The molecule has 31 heavy (non-hydrogen) atoms. The van der Waals surface area contributed by atoms with Crippen molar-refractivity contribution in [2.75, 3.05) is 12.9 Å². The van der Waals surface area contributed by atoms with E-state index >= 15 is 0 Å². The van der Waals surface area contributed by atoms with E-state index in [1.165, 1.54) is 33.2 Å². The van der Waals surface area contributed by atoms with E-state index < -0.39 is 0 Å². The summed E-state index contributed by atoms with van der Waals surface area (Å²) in [7, 11) is 1.55. The predicted molar refractivity (Wildman–Crippen MR) is 128 cm³/mol. The number of fused-ring (bicyclic) bond motifs is 1. The molecule has 0 aliphatic carbocycles. The first kappa shape index (κ1) is 21.3. The van der Waals surface area contributed by atoms with Gasteiger partial charge < -0.3 is 4.74 Å². The Hall–Kier alpha value is -2.93. The maximum absolute atomic E-state index is 13.6. The van der Waals surface area contributed by atoms with Gasteiger partial charge in [-0.05, 0) is 61.5 Å². The molecule has 0 bridgehead atoms. The summed E-state index contributed by atoms with van der Waals surface area (Å²) >= 11 is 8.05. The number of para-hydroxylation sites is 2. The number of ether oxygens (including phenoxy) is 1. The van der Waals surface area contributed by atoms with Gasteiger partial charge in [0.05, 0.1) is 24.6 Å². The summed E-state index contributed by atoms with van der Waals surface area (Å²) < 4.78 is 9.78. The first-order valence-corrected chi connectivity index (χ1v) is 11.6. The molecular formula is C22H18N4O2S3. The van der Waals surface area contributed by atoms with Crippen LogP contribution in [-0.4, -0.2) is 27.0 Å². The summed E-state index contributed by atoms with van der Waals surface area (Å²) in [5.74, 6) is 0.698. The molecule has 4 rings (SSSR count). The lowest BCUT2D eigenvalue weighted by atomic mass is 10.1. The van der Waals surface area contributed by atoms with Crippen LogP contribution >= 0.6 is 35.3 Å². The van der Waals surface area contributed by atoms with Crippen molar-refractivity contribution < 1.29 is 4.74 Å². The van der Waals surface area contributed by atoms with Crippen molar-refractivity contribution in [1.82, 2.24) is 14.1 Å². The molecule has 2 heterocycles. The number of aryl methyl sites for hydroxylation is 2. The first-order chi connectivity index (χ1) is 15.0. The second kappa shape index (κ2) is 8.67. The molecule has 156 valence electrons. The number of rotatable bonds is 5. The number of hydrogen-bond donors (Lipinski definition) is 0. The van der Waals surface area contributed by atoms with E-state index in [1.54, 1.807) is 19.2 Å². The fourth-order valence-corrected chi connectivity index (χ4v) is 5.21. The maximum Gasteiger partial charge on any atom is 0.278 e. The largest absolute Gasteiger partial charge is 0.495 e. The Kier molecular flexibility index (Phi) is 5.96. The molecule has 0 fully saturated rings. The number of nitrogens with zero attached hydrogens (tertiary/aromatic N) is 4. The van der Waals surface area contributed by atoms with Crippen molar-refractivity contribution in [3.63, 3.8) is 0 Å². The van der Waals surface area contributed by atoms with Crippen molar-refractivity contribution in [3.05, 3.63) is 67.9 Å². The smallest absolute Gasteiger partial charge is 0.278 e. The van der Waals surface area contributed by atoms with E-state index in [9.17, 15) is 4.79 Å². The van der Waals surface area contributed by atoms with Gasteiger partial charge in [0.2, 0.25) is 0 Å². The Morgan fingerprint density at radius 3 is 2.68 bits per heavy atom. The third-order valence-corrected chi connectivity index (χ3v) is 7.07. The molecule has 0 aliphatic rings. The van der Waals surface area contributed by atoms with E-state index in [0.29, 0.717) is 30.9 Å². The number of aromatic nitrogens is 3. The van der Waals surface area contributed by atoms with Crippen LogP contribution in [0.2, 0.25) is 0 Å². The van der Waals surface area contributed by atoms with Gasteiger partial charge in [0.25, 0.3) is 5.56 Å². The van der Waals surface area contributed by atoms with Crippen molar-refractivity contribution in [3.8, 4) is 23.2 Å². The van der Waals surface area contributed by atoms with Gasteiger partial charge in [0.1, 0.15) is 10.4 Å². The molecule has 0 unspecified atom stereocenters. The van der Waals surface area contributed by atoms with Crippen LogP contribution in [0.5, 0.6) is 5.75 Å². The minimum atomic E-state index is -0.242. The minimum Gasteiger partial charge on any atom is -0.495 e. The Morgan fingerprint density at radius 1 is 1.19 bits per heavy atom. The molecule has 0 aliphatic heterocycles. The number of nitriles is 1. The van der Waals surface area contributed by atoms with E-state index in [-0.39, 0.29) is 11.3 Å². The predicted octanol–water partition coefficient (Wildman–Crippen LogP) is 5.21. The van der Waals surface area contributed by atoms with Crippen molar-refractivity contribution >= 4 is 45.7 Å². The minimum absolute atomic E-state index is 0.154. The van der Waals surface area contributed by atoms with Crippen LogP contribution in [0.1, 0.15) is 11.1 Å². The molecule has 0 saturated heterocycles. The van der Waals surface area contributed by atoms with E-state index in [0.717, 1.165) is 11.3 Å². The lowest BCUT2D eigenvalue weighted by molar-refractivity contribution is 0.411. The van der Waals surface area contributed by atoms with Gasteiger partial charge in [-0.1, -0.05) is 41.3 Å². The van der Waals surface area contributed by atoms with Crippen LogP contribution in [-0.2, 0) is 0 Å². The zero-order valence-corrected chi connectivity index (χ0v) is 19.5.